The van der Waals surface area contributed by atoms with E-state index in [-0.39, 0.29) is 0 Å². The molecule has 0 radical (unpaired) electrons. The zero-order valence-electron chi connectivity index (χ0n) is 12.5. The van der Waals surface area contributed by atoms with Crippen LogP contribution in [0, 0.1) is 5.41 Å². The molecule has 0 aromatic carbocycles. The van der Waals surface area contributed by atoms with E-state index >= 15 is 0 Å². The van der Waals surface area contributed by atoms with Crippen LogP contribution >= 0.6 is 0 Å². The summed E-state index contributed by atoms with van der Waals surface area (Å²) in [5, 5.41) is 0. The molecule has 3 nitrogen and oxygen atoms in total. The Hall–Kier alpha value is -0.120. The second-order valence-electron chi connectivity index (χ2n) is 7.24. The van der Waals surface area contributed by atoms with Crippen LogP contribution in [0.4, 0.5) is 0 Å². The van der Waals surface area contributed by atoms with Crippen molar-refractivity contribution in [2.45, 2.75) is 51.5 Å². The van der Waals surface area contributed by atoms with Crippen LogP contribution in [-0.4, -0.2) is 55.1 Å². The Balaban J connectivity index is 2.03. The number of likely N-dealkylation sites (tertiary alicyclic amines) is 2. The molecule has 3 heteroatoms. The van der Waals surface area contributed by atoms with Gasteiger partial charge in [-0.05, 0) is 70.7 Å². The number of hydrogen-bond acceptors (Lipinski definition) is 3. The van der Waals surface area contributed by atoms with Crippen molar-refractivity contribution >= 4 is 0 Å². The fourth-order valence-electron chi connectivity index (χ4n) is 3.55. The summed E-state index contributed by atoms with van der Waals surface area (Å²) in [6.45, 7) is 10.6. The minimum absolute atomic E-state index is 0.293. The lowest BCUT2D eigenvalue weighted by molar-refractivity contribution is 0.0232. The van der Waals surface area contributed by atoms with E-state index in [4.69, 9.17) is 5.73 Å². The highest BCUT2D eigenvalue weighted by Crippen LogP contribution is 2.36. The van der Waals surface area contributed by atoms with Crippen LogP contribution in [0.1, 0.15) is 46.0 Å². The van der Waals surface area contributed by atoms with Crippen molar-refractivity contribution in [1.29, 1.82) is 0 Å². The highest BCUT2D eigenvalue weighted by atomic mass is 15.2. The second kappa shape index (κ2) is 5.48. The van der Waals surface area contributed by atoms with Crippen molar-refractivity contribution in [1.82, 2.24) is 9.80 Å². The van der Waals surface area contributed by atoms with E-state index in [9.17, 15) is 0 Å². The van der Waals surface area contributed by atoms with E-state index < -0.39 is 0 Å². The maximum atomic E-state index is 6.19. The van der Waals surface area contributed by atoms with E-state index in [0.29, 0.717) is 11.0 Å². The fourth-order valence-corrected chi connectivity index (χ4v) is 3.55. The third-order valence-electron chi connectivity index (χ3n) is 5.31. The second-order valence-corrected chi connectivity index (χ2v) is 7.24. The number of rotatable bonds is 2. The molecule has 0 saturated carbocycles. The zero-order valence-corrected chi connectivity index (χ0v) is 12.5. The third kappa shape index (κ3) is 3.06. The van der Waals surface area contributed by atoms with Gasteiger partial charge in [0, 0.05) is 12.1 Å². The molecule has 1 unspecified atom stereocenters. The summed E-state index contributed by atoms with van der Waals surface area (Å²) in [5.74, 6) is 0. The SMILES string of the molecule is CN1CCCC(CN)(N2CCC(C)(C)CC2)CC1. The van der Waals surface area contributed by atoms with Gasteiger partial charge in [0.05, 0.1) is 0 Å². The lowest BCUT2D eigenvalue weighted by atomic mass is 9.79. The minimum Gasteiger partial charge on any atom is -0.329 e. The van der Waals surface area contributed by atoms with Gasteiger partial charge in [0.2, 0.25) is 0 Å². The topological polar surface area (TPSA) is 32.5 Å². The molecule has 0 amide bonds. The fraction of sp³-hybridized carbons (Fsp3) is 1.00. The van der Waals surface area contributed by atoms with Gasteiger partial charge in [0.1, 0.15) is 0 Å². The Kier molecular flexibility index (Phi) is 4.35. The molecule has 0 aromatic heterocycles. The molecule has 0 aromatic rings. The first-order chi connectivity index (χ1) is 8.47. The average molecular weight is 253 g/mol. The standard InChI is InChI=1S/C15H31N3/c1-14(2)6-11-18(12-7-14)15(13-16)5-4-9-17(3)10-8-15/h4-13,16H2,1-3H3. The number of piperidine rings is 1. The molecule has 2 fully saturated rings. The molecule has 0 spiro atoms. The van der Waals surface area contributed by atoms with Crippen molar-refractivity contribution in [2.24, 2.45) is 11.1 Å². The van der Waals surface area contributed by atoms with E-state index in [2.05, 4.69) is 30.7 Å². The Labute approximate surface area is 113 Å². The quantitative estimate of drug-likeness (QED) is 0.816. The largest absolute Gasteiger partial charge is 0.329 e. The van der Waals surface area contributed by atoms with Crippen molar-refractivity contribution in [3.8, 4) is 0 Å². The highest BCUT2D eigenvalue weighted by Gasteiger charge is 2.39. The summed E-state index contributed by atoms with van der Waals surface area (Å²) in [5.41, 5.74) is 7.02. The summed E-state index contributed by atoms with van der Waals surface area (Å²) < 4.78 is 0. The van der Waals surface area contributed by atoms with E-state index in [1.165, 1.54) is 58.3 Å². The monoisotopic (exact) mass is 253 g/mol. The first-order valence-corrected chi connectivity index (χ1v) is 7.61. The van der Waals surface area contributed by atoms with Crippen molar-refractivity contribution < 1.29 is 0 Å². The van der Waals surface area contributed by atoms with Crippen molar-refractivity contribution in [2.75, 3.05) is 39.8 Å². The summed E-state index contributed by atoms with van der Waals surface area (Å²) >= 11 is 0. The Bertz CT molecular complexity index is 267. The van der Waals surface area contributed by atoms with Gasteiger partial charge in [-0.1, -0.05) is 13.8 Å². The van der Waals surface area contributed by atoms with Crippen molar-refractivity contribution in [3.63, 3.8) is 0 Å². The van der Waals surface area contributed by atoms with Gasteiger partial charge in [-0.15, -0.1) is 0 Å². The van der Waals surface area contributed by atoms with E-state index in [0.717, 1.165) is 6.54 Å². The molecule has 2 saturated heterocycles. The smallest absolute Gasteiger partial charge is 0.0344 e. The molecule has 2 aliphatic heterocycles. The summed E-state index contributed by atoms with van der Waals surface area (Å²) in [4.78, 5) is 5.18. The first-order valence-electron chi connectivity index (χ1n) is 7.61. The summed E-state index contributed by atoms with van der Waals surface area (Å²) in [7, 11) is 2.24. The molecule has 1 atom stereocenters. The number of nitrogens with two attached hydrogens (primary N) is 1. The summed E-state index contributed by atoms with van der Waals surface area (Å²) in [6.07, 6.45) is 6.48. The summed E-state index contributed by atoms with van der Waals surface area (Å²) in [6, 6.07) is 0. The van der Waals surface area contributed by atoms with Crippen LogP contribution < -0.4 is 5.73 Å². The Morgan fingerprint density at radius 3 is 2.22 bits per heavy atom. The predicted octanol–water partition coefficient (Wildman–Crippen LogP) is 1.92. The molecule has 2 rings (SSSR count). The molecule has 2 heterocycles. The van der Waals surface area contributed by atoms with Crippen LogP contribution in [0.25, 0.3) is 0 Å². The van der Waals surface area contributed by atoms with Gasteiger partial charge in [-0.2, -0.15) is 0 Å². The molecule has 0 bridgehead atoms. The van der Waals surface area contributed by atoms with Gasteiger partial charge in [0.15, 0.2) is 0 Å². The normalized spacial score (nSPS) is 35.3. The highest BCUT2D eigenvalue weighted by molar-refractivity contribution is 4.97. The first kappa shape index (κ1) is 14.3. The lowest BCUT2D eigenvalue weighted by Crippen LogP contribution is -2.57. The average Bonchev–Trinajstić information content (AvgIpc) is 2.52. The molecule has 0 aliphatic carbocycles. The maximum absolute atomic E-state index is 6.19. The lowest BCUT2D eigenvalue weighted by Gasteiger charge is -2.48. The molecule has 106 valence electrons. The van der Waals surface area contributed by atoms with Gasteiger partial charge >= 0.3 is 0 Å². The van der Waals surface area contributed by atoms with Crippen LogP contribution in [0.5, 0.6) is 0 Å². The number of nitrogens with zero attached hydrogens (tertiary/aromatic N) is 2. The van der Waals surface area contributed by atoms with Gasteiger partial charge < -0.3 is 10.6 Å². The molecular weight excluding hydrogens is 222 g/mol. The molecule has 2 N–H and O–H groups in total. The van der Waals surface area contributed by atoms with E-state index in [1.807, 2.05) is 0 Å². The van der Waals surface area contributed by atoms with Crippen LogP contribution in [0.3, 0.4) is 0 Å². The maximum Gasteiger partial charge on any atom is 0.0344 e. The molecule has 2 aliphatic rings. The Morgan fingerprint density at radius 1 is 0.944 bits per heavy atom. The molecule has 18 heavy (non-hydrogen) atoms. The third-order valence-corrected chi connectivity index (χ3v) is 5.31. The van der Waals surface area contributed by atoms with Gasteiger partial charge in [-0.25, -0.2) is 0 Å². The minimum atomic E-state index is 0.293. The van der Waals surface area contributed by atoms with Crippen LogP contribution in [-0.2, 0) is 0 Å². The Morgan fingerprint density at radius 2 is 1.61 bits per heavy atom. The predicted molar refractivity (Wildman–Crippen MR) is 77.7 cm³/mol. The zero-order chi connectivity index (χ0) is 13.2. The number of hydrogen-bond donors (Lipinski definition) is 1. The van der Waals surface area contributed by atoms with Gasteiger partial charge in [-0.3, -0.25) is 4.90 Å². The van der Waals surface area contributed by atoms with E-state index in [1.54, 1.807) is 0 Å². The molecular formula is C15H31N3. The van der Waals surface area contributed by atoms with Crippen molar-refractivity contribution in [3.05, 3.63) is 0 Å². The van der Waals surface area contributed by atoms with Gasteiger partial charge in [0.25, 0.3) is 0 Å². The van der Waals surface area contributed by atoms with Crippen LogP contribution in [0.2, 0.25) is 0 Å². The van der Waals surface area contributed by atoms with Crippen LogP contribution in [0.15, 0.2) is 0 Å².